The smallest absolute Gasteiger partial charge is 0.267 e. The van der Waals surface area contributed by atoms with Crippen LogP contribution in [0.3, 0.4) is 0 Å². The molecule has 1 amide bonds. The quantitative estimate of drug-likeness (QED) is 0.236. The molecule has 0 unspecified atom stereocenters. The number of furan rings is 1. The maximum Gasteiger partial charge on any atom is 0.267 e. The molecule has 3 aromatic rings. The van der Waals surface area contributed by atoms with E-state index >= 15 is 0 Å². The van der Waals surface area contributed by atoms with E-state index in [0.29, 0.717) is 28.2 Å². The van der Waals surface area contributed by atoms with Crippen molar-refractivity contribution >= 4 is 35.1 Å². The Bertz CT molecular complexity index is 1300. The molecule has 8 heteroatoms. The number of phenolic OH excluding ortho intramolecular Hbond substituents is 1. The predicted molar refractivity (Wildman–Crippen MR) is 144 cm³/mol. The highest BCUT2D eigenvalue weighted by atomic mass is 32.2. The second kappa shape index (κ2) is 10.9. The zero-order valence-electron chi connectivity index (χ0n) is 20.8. The second-order valence-corrected chi connectivity index (χ2v) is 10.2. The van der Waals surface area contributed by atoms with Crippen LogP contribution in [0.5, 0.6) is 11.5 Å². The van der Waals surface area contributed by atoms with E-state index in [4.69, 9.17) is 9.15 Å². The first-order valence-corrected chi connectivity index (χ1v) is 12.5. The van der Waals surface area contributed by atoms with Crippen LogP contribution < -0.4 is 4.74 Å². The van der Waals surface area contributed by atoms with Gasteiger partial charge in [-0.3, -0.25) is 9.69 Å². The summed E-state index contributed by atoms with van der Waals surface area (Å²) in [5.41, 5.74) is 2.97. The van der Waals surface area contributed by atoms with E-state index in [1.165, 1.54) is 17.3 Å². The number of hydrogen-bond donors (Lipinski definition) is 1. The number of rotatable bonds is 7. The SMILES string of the molecule is CCOc1cc(/C=C2\S/C(=N\N=C\c3ccc(C(C)(C)C)cc3)N(Cc3ccco3)C2=O)ccc1O. The molecule has 186 valence electrons. The Hall–Kier alpha value is -3.78. The highest BCUT2D eigenvalue weighted by molar-refractivity contribution is 8.18. The molecule has 2 heterocycles. The Morgan fingerprint density at radius 1 is 1.11 bits per heavy atom. The van der Waals surface area contributed by atoms with E-state index in [1.54, 1.807) is 47.7 Å². The lowest BCUT2D eigenvalue weighted by atomic mass is 9.87. The van der Waals surface area contributed by atoms with Gasteiger partial charge < -0.3 is 14.3 Å². The molecule has 0 bridgehead atoms. The molecule has 4 rings (SSSR count). The Kier molecular flexibility index (Phi) is 7.64. The van der Waals surface area contributed by atoms with Crippen LogP contribution >= 0.6 is 11.8 Å². The van der Waals surface area contributed by atoms with E-state index in [1.807, 2.05) is 25.1 Å². The molecule has 1 aromatic heterocycles. The Morgan fingerprint density at radius 3 is 2.53 bits per heavy atom. The summed E-state index contributed by atoms with van der Waals surface area (Å²) in [6.45, 7) is 9.02. The fourth-order valence-corrected chi connectivity index (χ4v) is 4.47. The van der Waals surface area contributed by atoms with Gasteiger partial charge >= 0.3 is 0 Å². The minimum atomic E-state index is -0.203. The van der Waals surface area contributed by atoms with Gasteiger partial charge in [-0.1, -0.05) is 51.1 Å². The maximum atomic E-state index is 13.3. The van der Waals surface area contributed by atoms with Crippen LogP contribution in [0.25, 0.3) is 6.08 Å². The van der Waals surface area contributed by atoms with Crippen LogP contribution in [0, 0.1) is 0 Å². The number of nitrogens with zero attached hydrogens (tertiary/aromatic N) is 3. The number of benzene rings is 2. The number of amides is 1. The van der Waals surface area contributed by atoms with Gasteiger partial charge in [-0.15, -0.1) is 5.10 Å². The van der Waals surface area contributed by atoms with Gasteiger partial charge in [0, 0.05) is 0 Å². The van der Waals surface area contributed by atoms with Crippen molar-refractivity contribution in [1.29, 1.82) is 0 Å². The van der Waals surface area contributed by atoms with Crippen molar-refractivity contribution in [3.63, 3.8) is 0 Å². The summed E-state index contributed by atoms with van der Waals surface area (Å²) < 4.78 is 10.9. The van der Waals surface area contributed by atoms with Gasteiger partial charge in [-0.25, -0.2) is 0 Å². The van der Waals surface area contributed by atoms with Crippen molar-refractivity contribution in [2.24, 2.45) is 10.2 Å². The number of ether oxygens (including phenoxy) is 1. The summed E-state index contributed by atoms with van der Waals surface area (Å²) in [4.78, 5) is 15.3. The molecule has 7 nitrogen and oxygen atoms in total. The van der Waals surface area contributed by atoms with Crippen LogP contribution in [-0.4, -0.2) is 33.9 Å². The number of amidine groups is 1. The van der Waals surface area contributed by atoms with Crippen LogP contribution in [0.1, 0.15) is 50.1 Å². The zero-order valence-corrected chi connectivity index (χ0v) is 21.6. The molecule has 36 heavy (non-hydrogen) atoms. The van der Waals surface area contributed by atoms with Gasteiger partial charge in [0.25, 0.3) is 5.91 Å². The molecule has 2 aromatic carbocycles. The van der Waals surface area contributed by atoms with Crippen molar-refractivity contribution in [1.82, 2.24) is 4.90 Å². The number of thioether (sulfide) groups is 1. The lowest BCUT2D eigenvalue weighted by molar-refractivity contribution is -0.122. The lowest BCUT2D eigenvalue weighted by Gasteiger charge is -2.18. The van der Waals surface area contributed by atoms with Gasteiger partial charge in [0.05, 0.1) is 30.5 Å². The molecule has 1 aliphatic heterocycles. The number of phenols is 1. The fraction of sp³-hybridized carbons (Fsp3) is 0.250. The summed E-state index contributed by atoms with van der Waals surface area (Å²) in [5.74, 6) is 0.857. The minimum absolute atomic E-state index is 0.0518. The maximum absolute atomic E-state index is 13.3. The normalized spacial score (nSPS) is 16.6. The first kappa shape index (κ1) is 25.3. The molecule has 0 spiro atoms. The lowest BCUT2D eigenvalue weighted by Crippen LogP contribution is -2.28. The van der Waals surface area contributed by atoms with Gasteiger partial charge in [0.15, 0.2) is 16.7 Å². The third-order valence-electron chi connectivity index (χ3n) is 5.49. The van der Waals surface area contributed by atoms with Crippen molar-refractivity contribution in [2.45, 2.75) is 39.7 Å². The van der Waals surface area contributed by atoms with Gasteiger partial charge in [0.1, 0.15) is 5.76 Å². The van der Waals surface area contributed by atoms with Crippen LogP contribution in [0.15, 0.2) is 80.4 Å². The van der Waals surface area contributed by atoms with Gasteiger partial charge in [-0.2, -0.15) is 5.10 Å². The summed E-state index contributed by atoms with van der Waals surface area (Å²) in [6.07, 6.45) is 4.99. The van der Waals surface area contributed by atoms with Crippen LogP contribution in [0.2, 0.25) is 0 Å². The highest BCUT2D eigenvalue weighted by Crippen LogP contribution is 2.35. The molecule has 0 saturated carbocycles. The van der Waals surface area contributed by atoms with Gasteiger partial charge in [0.2, 0.25) is 0 Å². The summed E-state index contributed by atoms with van der Waals surface area (Å²) >= 11 is 1.24. The number of carbonyl (C=O) groups excluding carboxylic acids is 1. The van der Waals surface area contributed by atoms with Crippen LogP contribution in [-0.2, 0) is 16.8 Å². The molecule has 0 aliphatic carbocycles. The summed E-state index contributed by atoms with van der Waals surface area (Å²) in [6, 6.07) is 16.7. The van der Waals surface area contributed by atoms with Crippen molar-refractivity contribution in [2.75, 3.05) is 6.61 Å². The zero-order chi connectivity index (χ0) is 25.7. The molecule has 0 radical (unpaired) electrons. The topological polar surface area (TPSA) is 87.6 Å². The van der Waals surface area contributed by atoms with Gasteiger partial charge in [-0.05, 0) is 71.1 Å². The molecule has 1 fully saturated rings. The molecule has 0 atom stereocenters. The summed E-state index contributed by atoms with van der Waals surface area (Å²) in [5, 5.41) is 19.1. The predicted octanol–water partition coefficient (Wildman–Crippen LogP) is 6.19. The van der Waals surface area contributed by atoms with Crippen molar-refractivity contribution < 1.29 is 19.1 Å². The third-order valence-corrected chi connectivity index (χ3v) is 6.49. The van der Waals surface area contributed by atoms with E-state index in [2.05, 4.69) is 43.1 Å². The van der Waals surface area contributed by atoms with E-state index in [0.717, 1.165) is 11.1 Å². The standard InChI is InChI=1S/C28H29N3O4S/c1-5-34-24-15-20(10-13-23(24)32)16-25-26(33)31(18-22-7-6-14-35-22)27(36-25)30-29-17-19-8-11-21(12-9-19)28(2,3)4/h6-17,32H,5,18H2,1-4H3/b25-16-,29-17+,30-27-. The number of hydrogen-bond acceptors (Lipinski definition) is 7. The monoisotopic (exact) mass is 503 g/mol. The molecule has 1 N–H and O–H groups in total. The summed E-state index contributed by atoms with van der Waals surface area (Å²) in [7, 11) is 0. The van der Waals surface area contributed by atoms with E-state index in [9.17, 15) is 9.90 Å². The largest absolute Gasteiger partial charge is 0.504 e. The number of carbonyl (C=O) groups is 1. The first-order valence-electron chi connectivity index (χ1n) is 11.7. The average Bonchev–Trinajstić information content (AvgIpc) is 3.45. The third kappa shape index (κ3) is 6.07. The second-order valence-electron chi connectivity index (χ2n) is 9.24. The molecular weight excluding hydrogens is 474 g/mol. The first-order chi connectivity index (χ1) is 17.2. The number of aromatic hydroxyl groups is 1. The van der Waals surface area contributed by atoms with Crippen molar-refractivity contribution in [3.05, 3.63) is 88.2 Å². The molecule has 1 aliphatic rings. The van der Waals surface area contributed by atoms with E-state index < -0.39 is 0 Å². The Labute approximate surface area is 215 Å². The fourth-order valence-electron chi connectivity index (χ4n) is 3.54. The van der Waals surface area contributed by atoms with Crippen LogP contribution in [0.4, 0.5) is 0 Å². The average molecular weight is 504 g/mol. The Morgan fingerprint density at radius 2 is 1.86 bits per heavy atom. The minimum Gasteiger partial charge on any atom is -0.504 e. The van der Waals surface area contributed by atoms with E-state index in [-0.39, 0.29) is 23.6 Å². The van der Waals surface area contributed by atoms with Crippen molar-refractivity contribution in [3.8, 4) is 11.5 Å². The highest BCUT2D eigenvalue weighted by Gasteiger charge is 2.34. The molecular formula is C28H29N3O4S. The molecule has 1 saturated heterocycles. The Balaban J connectivity index is 1.59.